The van der Waals surface area contributed by atoms with Gasteiger partial charge in [0, 0.05) is 12.3 Å². The van der Waals surface area contributed by atoms with Gasteiger partial charge in [-0.3, -0.25) is 4.79 Å². The summed E-state index contributed by atoms with van der Waals surface area (Å²) in [5.41, 5.74) is 0. The predicted molar refractivity (Wildman–Crippen MR) is 125 cm³/mol. The molecule has 1 heterocycles. The summed E-state index contributed by atoms with van der Waals surface area (Å²) in [6.07, 6.45) is 20.5. The standard InChI is InChI=1S/C26H50O4/c1-4-6-8-13-17-22-21-24(27)23(25(30-22)19-15-9-7-5-2)18-14-11-10-12-16-20-26(28)29-3/h22-25,27H,4-21H2,1-3H3/t22-,23+,24+,25+/m1/s1. The minimum atomic E-state index is -0.203. The van der Waals surface area contributed by atoms with Crippen molar-refractivity contribution in [3.8, 4) is 0 Å². The number of rotatable bonds is 18. The summed E-state index contributed by atoms with van der Waals surface area (Å²) in [6.45, 7) is 4.50. The molecule has 0 spiro atoms. The van der Waals surface area contributed by atoms with Gasteiger partial charge in [0.05, 0.1) is 25.4 Å². The van der Waals surface area contributed by atoms with Crippen LogP contribution in [0.1, 0.15) is 129 Å². The number of aliphatic hydroxyl groups excluding tert-OH is 1. The number of carbonyl (C=O) groups is 1. The van der Waals surface area contributed by atoms with E-state index in [4.69, 9.17) is 9.47 Å². The smallest absolute Gasteiger partial charge is 0.305 e. The molecule has 0 aromatic heterocycles. The van der Waals surface area contributed by atoms with Crippen molar-refractivity contribution in [1.29, 1.82) is 0 Å². The van der Waals surface area contributed by atoms with Crippen molar-refractivity contribution in [3.05, 3.63) is 0 Å². The Kier molecular flexibility index (Phi) is 16.5. The molecule has 1 N–H and O–H groups in total. The Hall–Kier alpha value is -0.610. The lowest BCUT2D eigenvalue weighted by atomic mass is 9.81. The fraction of sp³-hybridized carbons (Fsp3) is 0.962. The minimum absolute atomic E-state index is 0.104. The molecule has 1 rings (SSSR count). The molecule has 0 bridgehead atoms. The zero-order chi connectivity index (χ0) is 22.0. The molecule has 0 unspecified atom stereocenters. The number of carbonyl (C=O) groups excluding carboxylic acids is 1. The summed E-state index contributed by atoms with van der Waals surface area (Å²) < 4.78 is 11.2. The Labute approximate surface area is 186 Å². The molecule has 4 heteroatoms. The van der Waals surface area contributed by atoms with E-state index in [1.165, 1.54) is 64.9 Å². The van der Waals surface area contributed by atoms with E-state index < -0.39 is 0 Å². The molecule has 4 nitrogen and oxygen atoms in total. The minimum Gasteiger partial charge on any atom is -0.469 e. The fourth-order valence-electron chi connectivity index (χ4n) is 4.79. The topological polar surface area (TPSA) is 55.8 Å². The average molecular weight is 427 g/mol. The number of aliphatic hydroxyl groups is 1. The van der Waals surface area contributed by atoms with Crippen LogP contribution in [0.15, 0.2) is 0 Å². The molecule has 0 aromatic carbocycles. The number of methoxy groups -OCH3 is 1. The van der Waals surface area contributed by atoms with Gasteiger partial charge in [0.25, 0.3) is 0 Å². The van der Waals surface area contributed by atoms with Crippen molar-refractivity contribution in [2.45, 2.75) is 148 Å². The second kappa shape index (κ2) is 18.0. The normalized spacial score (nSPS) is 24.1. The molecule has 0 saturated carbocycles. The quantitative estimate of drug-likeness (QED) is 0.190. The third-order valence-corrected chi connectivity index (χ3v) is 6.71. The van der Waals surface area contributed by atoms with Crippen LogP contribution < -0.4 is 0 Å². The van der Waals surface area contributed by atoms with Crippen molar-refractivity contribution in [2.75, 3.05) is 7.11 Å². The average Bonchev–Trinajstić information content (AvgIpc) is 2.74. The number of esters is 1. The molecule has 1 aliphatic rings. The summed E-state index contributed by atoms with van der Waals surface area (Å²) in [6, 6.07) is 0. The first-order chi connectivity index (χ1) is 14.6. The van der Waals surface area contributed by atoms with Crippen molar-refractivity contribution in [1.82, 2.24) is 0 Å². The molecule has 1 saturated heterocycles. The van der Waals surface area contributed by atoms with Crippen LogP contribution >= 0.6 is 0 Å². The Balaban J connectivity index is 2.37. The summed E-state index contributed by atoms with van der Waals surface area (Å²) >= 11 is 0. The number of hydrogen-bond acceptors (Lipinski definition) is 4. The first-order valence-corrected chi connectivity index (χ1v) is 13.0. The van der Waals surface area contributed by atoms with E-state index in [0.717, 1.165) is 51.4 Å². The molecular weight excluding hydrogens is 376 g/mol. The van der Waals surface area contributed by atoms with E-state index in [-0.39, 0.29) is 24.3 Å². The van der Waals surface area contributed by atoms with E-state index in [0.29, 0.717) is 12.3 Å². The molecule has 1 fully saturated rings. The summed E-state index contributed by atoms with van der Waals surface area (Å²) in [7, 11) is 1.45. The van der Waals surface area contributed by atoms with Crippen LogP contribution in [0.5, 0.6) is 0 Å². The third-order valence-electron chi connectivity index (χ3n) is 6.71. The second-order valence-corrected chi connectivity index (χ2v) is 9.34. The molecule has 0 aromatic rings. The monoisotopic (exact) mass is 426 g/mol. The van der Waals surface area contributed by atoms with Crippen molar-refractivity contribution < 1.29 is 19.4 Å². The lowest BCUT2D eigenvalue weighted by molar-refractivity contribution is -0.143. The van der Waals surface area contributed by atoms with Gasteiger partial charge in [-0.2, -0.15) is 0 Å². The molecule has 0 aliphatic carbocycles. The Morgan fingerprint density at radius 2 is 1.40 bits per heavy atom. The Morgan fingerprint density at radius 1 is 0.833 bits per heavy atom. The van der Waals surface area contributed by atoms with Gasteiger partial charge >= 0.3 is 5.97 Å². The van der Waals surface area contributed by atoms with Gasteiger partial charge in [-0.25, -0.2) is 0 Å². The third kappa shape index (κ3) is 12.3. The van der Waals surface area contributed by atoms with Crippen LogP contribution in [0.3, 0.4) is 0 Å². The first kappa shape index (κ1) is 27.4. The fourth-order valence-corrected chi connectivity index (χ4v) is 4.79. The Bertz CT molecular complexity index is 412. The number of hydrogen-bond donors (Lipinski definition) is 1. The zero-order valence-corrected chi connectivity index (χ0v) is 20.2. The number of unbranched alkanes of at least 4 members (excludes halogenated alkanes) is 10. The SMILES string of the molecule is CCCCCC[C@@H]1C[C@H](O)[C@H](CCCCCCCC(=O)OC)[C@H](CCCCCC)O1. The van der Waals surface area contributed by atoms with Crippen LogP contribution in [-0.2, 0) is 14.3 Å². The van der Waals surface area contributed by atoms with E-state index in [1.54, 1.807) is 0 Å². The van der Waals surface area contributed by atoms with Crippen molar-refractivity contribution in [3.63, 3.8) is 0 Å². The largest absolute Gasteiger partial charge is 0.469 e. The van der Waals surface area contributed by atoms with Crippen LogP contribution in [0.2, 0.25) is 0 Å². The van der Waals surface area contributed by atoms with Gasteiger partial charge in [0.1, 0.15) is 0 Å². The molecule has 1 aliphatic heterocycles. The van der Waals surface area contributed by atoms with E-state index >= 15 is 0 Å². The van der Waals surface area contributed by atoms with E-state index in [1.807, 2.05) is 0 Å². The van der Waals surface area contributed by atoms with Gasteiger partial charge < -0.3 is 14.6 Å². The predicted octanol–water partition coefficient (Wildman–Crippen LogP) is 6.97. The zero-order valence-electron chi connectivity index (χ0n) is 20.2. The van der Waals surface area contributed by atoms with Gasteiger partial charge in [-0.1, -0.05) is 90.9 Å². The summed E-state index contributed by atoms with van der Waals surface area (Å²) in [5, 5.41) is 10.9. The lowest BCUT2D eigenvalue weighted by Gasteiger charge is -2.40. The van der Waals surface area contributed by atoms with Crippen LogP contribution in [0.4, 0.5) is 0 Å². The molecule has 0 radical (unpaired) electrons. The second-order valence-electron chi connectivity index (χ2n) is 9.34. The Morgan fingerprint density at radius 3 is 2.07 bits per heavy atom. The van der Waals surface area contributed by atoms with Gasteiger partial charge in [0.2, 0.25) is 0 Å². The highest BCUT2D eigenvalue weighted by Crippen LogP contribution is 2.34. The highest BCUT2D eigenvalue weighted by molar-refractivity contribution is 5.68. The summed E-state index contributed by atoms with van der Waals surface area (Å²) in [4.78, 5) is 11.2. The molecule has 30 heavy (non-hydrogen) atoms. The maximum atomic E-state index is 11.2. The van der Waals surface area contributed by atoms with Crippen LogP contribution in [0.25, 0.3) is 0 Å². The van der Waals surface area contributed by atoms with Crippen LogP contribution in [-0.4, -0.2) is 36.5 Å². The molecule has 4 atom stereocenters. The van der Waals surface area contributed by atoms with E-state index in [9.17, 15) is 9.90 Å². The summed E-state index contributed by atoms with van der Waals surface area (Å²) in [5.74, 6) is 0.196. The maximum absolute atomic E-state index is 11.2. The molecule has 178 valence electrons. The lowest BCUT2D eigenvalue weighted by Crippen LogP contribution is -2.44. The van der Waals surface area contributed by atoms with E-state index in [2.05, 4.69) is 13.8 Å². The molecule has 0 amide bonds. The highest BCUT2D eigenvalue weighted by atomic mass is 16.5. The van der Waals surface area contributed by atoms with Gasteiger partial charge in [-0.05, 0) is 32.1 Å². The number of ether oxygens (including phenoxy) is 2. The molecular formula is C26H50O4. The van der Waals surface area contributed by atoms with Crippen molar-refractivity contribution >= 4 is 5.97 Å². The highest BCUT2D eigenvalue weighted by Gasteiger charge is 2.36. The first-order valence-electron chi connectivity index (χ1n) is 13.0. The van der Waals surface area contributed by atoms with Crippen molar-refractivity contribution in [2.24, 2.45) is 5.92 Å². The van der Waals surface area contributed by atoms with Gasteiger partial charge in [-0.15, -0.1) is 0 Å². The van der Waals surface area contributed by atoms with Gasteiger partial charge in [0.15, 0.2) is 0 Å². The maximum Gasteiger partial charge on any atom is 0.305 e. The van der Waals surface area contributed by atoms with Crippen LogP contribution in [0, 0.1) is 5.92 Å².